The van der Waals surface area contributed by atoms with Crippen LogP contribution in [0.1, 0.15) is 0 Å². The smallest absolute Gasteiger partial charge is 0.265 e. The van der Waals surface area contributed by atoms with E-state index in [4.69, 9.17) is 14.2 Å². The van der Waals surface area contributed by atoms with Crippen LogP contribution in [0.2, 0.25) is 0 Å². The monoisotopic (exact) mass is 418 g/mol. The Kier molecular flexibility index (Phi) is 6.32. The Bertz CT molecular complexity index is 1040. The van der Waals surface area contributed by atoms with Gasteiger partial charge >= 0.3 is 0 Å². The Morgan fingerprint density at radius 3 is 2.32 bits per heavy atom. The van der Waals surface area contributed by atoms with E-state index in [0.717, 1.165) is 5.75 Å². The van der Waals surface area contributed by atoms with Gasteiger partial charge in [-0.2, -0.15) is 0 Å². The van der Waals surface area contributed by atoms with E-state index in [1.807, 2.05) is 48.5 Å². The van der Waals surface area contributed by atoms with Gasteiger partial charge in [0.05, 0.1) is 12.2 Å². The maximum atomic E-state index is 12.4. The number of carbonyl (C=O) groups is 2. The predicted octanol–water partition coefficient (Wildman–Crippen LogP) is 3.51. The van der Waals surface area contributed by atoms with E-state index in [1.54, 1.807) is 35.2 Å². The van der Waals surface area contributed by atoms with Gasteiger partial charge in [-0.25, -0.2) is 0 Å². The van der Waals surface area contributed by atoms with Crippen molar-refractivity contribution in [2.75, 3.05) is 36.6 Å². The Morgan fingerprint density at radius 1 is 0.935 bits per heavy atom. The van der Waals surface area contributed by atoms with Crippen molar-refractivity contribution in [1.29, 1.82) is 0 Å². The molecule has 0 saturated carbocycles. The molecule has 7 nitrogen and oxygen atoms in total. The highest BCUT2D eigenvalue weighted by Gasteiger charge is 2.26. The summed E-state index contributed by atoms with van der Waals surface area (Å²) < 4.78 is 16.7. The van der Waals surface area contributed by atoms with Crippen molar-refractivity contribution in [2.45, 2.75) is 0 Å². The van der Waals surface area contributed by atoms with Gasteiger partial charge in [0, 0.05) is 5.69 Å². The number of amides is 2. The SMILES string of the molecule is O=C(COc1ccccc1)Nc1ccc2c(c1)N(CCOc1ccccc1)C(=O)CO2. The molecule has 4 rings (SSSR count). The molecule has 1 aliphatic rings. The summed E-state index contributed by atoms with van der Waals surface area (Å²) >= 11 is 0. The van der Waals surface area contributed by atoms with E-state index in [-0.39, 0.29) is 25.0 Å². The largest absolute Gasteiger partial charge is 0.492 e. The first kappa shape index (κ1) is 20.3. The molecule has 2 amide bonds. The highest BCUT2D eigenvalue weighted by atomic mass is 16.5. The lowest BCUT2D eigenvalue weighted by Crippen LogP contribution is -2.41. The summed E-state index contributed by atoms with van der Waals surface area (Å²) in [4.78, 5) is 26.3. The van der Waals surface area contributed by atoms with Gasteiger partial charge < -0.3 is 24.4 Å². The maximum Gasteiger partial charge on any atom is 0.265 e. The lowest BCUT2D eigenvalue weighted by molar-refractivity contribution is -0.121. The Hall–Kier alpha value is -4.00. The number of nitrogens with one attached hydrogen (secondary N) is 1. The third-order valence-electron chi connectivity index (χ3n) is 4.63. The number of benzene rings is 3. The molecule has 7 heteroatoms. The van der Waals surface area contributed by atoms with Crippen LogP contribution < -0.4 is 24.4 Å². The zero-order valence-electron chi connectivity index (χ0n) is 16.8. The summed E-state index contributed by atoms with van der Waals surface area (Å²) in [5.74, 6) is 1.47. The summed E-state index contributed by atoms with van der Waals surface area (Å²) in [6.45, 7) is 0.537. The molecule has 3 aromatic rings. The van der Waals surface area contributed by atoms with Crippen molar-refractivity contribution in [3.8, 4) is 17.2 Å². The number of para-hydroxylation sites is 2. The second-order valence-electron chi connectivity index (χ2n) is 6.83. The predicted molar refractivity (Wildman–Crippen MR) is 117 cm³/mol. The molecule has 31 heavy (non-hydrogen) atoms. The average Bonchev–Trinajstić information content (AvgIpc) is 2.80. The molecule has 0 aromatic heterocycles. The van der Waals surface area contributed by atoms with Crippen LogP contribution >= 0.6 is 0 Å². The molecule has 0 fully saturated rings. The fourth-order valence-corrected chi connectivity index (χ4v) is 3.16. The minimum Gasteiger partial charge on any atom is -0.492 e. The van der Waals surface area contributed by atoms with Crippen molar-refractivity contribution in [1.82, 2.24) is 0 Å². The van der Waals surface area contributed by atoms with Gasteiger partial charge in [-0.3, -0.25) is 9.59 Å². The molecule has 0 radical (unpaired) electrons. The quantitative estimate of drug-likeness (QED) is 0.606. The lowest BCUT2D eigenvalue weighted by Gasteiger charge is -2.29. The molecule has 0 unspecified atom stereocenters. The van der Waals surface area contributed by atoms with Gasteiger partial charge in [0.15, 0.2) is 13.2 Å². The summed E-state index contributed by atoms with van der Waals surface area (Å²) in [6.07, 6.45) is 0. The van der Waals surface area contributed by atoms with Crippen LogP contribution in [-0.2, 0) is 9.59 Å². The molecule has 0 spiro atoms. The summed E-state index contributed by atoms with van der Waals surface area (Å²) in [5.41, 5.74) is 1.14. The third kappa shape index (κ3) is 5.33. The fraction of sp³-hybridized carbons (Fsp3) is 0.167. The maximum absolute atomic E-state index is 12.4. The Labute approximate surface area is 180 Å². The number of ether oxygens (including phenoxy) is 3. The number of hydrogen-bond donors (Lipinski definition) is 1. The summed E-state index contributed by atoms with van der Waals surface area (Å²) in [7, 11) is 0. The molecule has 1 aliphatic heterocycles. The van der Waals surface area contributed by atoms with E-state index in [2.05, 4.69) is 5.32 Å². The lowest BCUT2D eigenvalue weighted by atomic mass is 10.2. The second kappa shape index (κ2) is 9.67. The fourth-order valence-electron chi connectivity index (χ4n) is 3.16. The Balaban J connectivity index is 1.39. The zero-order valence-corrected chi connectivity index (χ0v) is 16.8. The van der Waals surface area contributed by atoms with E-state index in [9.17, 15) is 9.59 Å². The number of nitrogens with zero attached hydrogens (tertiary/aromatic N) is 1. The van der Waals surface area contributed by atoms with Gasteiger partial charge in [0.1, 0.15) is 23.9 Å². The number of anilines is 2. The van der Waals surface area contributed by atoms with Crippen molar-refractivity contribution >= 4 is 23.2 Å². The first-order valence-corrected chi connectivity index (χ1v) is 9.92. The van der Waals surface area contributed by atoms with Crippen LogP contribution in [0, 0.1) is 0 Å². The van der Waals surface area contributed by atoms with Crippen LogP contribution in [-0.4, -0.2) is 38.2 Å². The molecule has 1 heterocycles. The van der Waals surface area contributed by atoms with E-state index < -0.39 is 0 Å². The molecule has 0 bridgehead atoms. The standard InChI is InChI=1S/C24H22N2O5/c27-23(16-30-20-9-5-2-6-10-20)25-18-11-12-22-21(15-18)26(24(28)17-31-22)13-14-29-19-7-3-1-4-8-19/h1-12,15H,13-14,16-17H2,(H,25,27). The molecular formula is C24H22N2O5. The highest BCUT2D eigenvalue weighted by molar-refractivity contribution is 5.99. The van der Waals surface area contributed by atoms with Gasteiger partial charge in [0.2, 0.25) is 0 Å². The third-order valence-corrected chi connectivity index (χ3v) is 4.63. The summed E-state index contributed by atoms with van der Waals surface area (Å²) in [5, 5.41) is 2.79. The van der Waals surface area contributed by atoms with Crippen LogP contribution in [0.25, 0.3) is 0 Å². The first-order valence-electron chi connectivity index (χ1n) is 9.92. The zero-order chi connectivity index (χ0) is 21.5. The van der Waals surface area contributed by atoms with E-state index >= 15 is 0 Å². The summed E-state index contributed by atoms with van der Waals surface area (Å²) in [6, 6.07) is 23.7. The average molecular weight is 418 g/mol. The molecule has 1 N–H and O–H groups in total. The molecule has 0 aliphatic carbocycles. The second-order valence-corrected chi connectivity index (χ2v) is 6.83. The van der Waals surface area contributed by atoms with Crippen molar-refractivity contribution < 1.29 is 23.8 Å². The number of carbonyl (C=O) groups excluding carboxylic acids is 2. The van der Waals surface area contributed by atoms with E-state index in [1.165, 1.54) is 0 Å². The van der Waals surface area contributed by atoms with E-state index in [0.29, 0.717) is 36.0 Å². The van der Waals surface area contributed by atoms with Gasteiger partial charge in [-0.1, -0.05) is 36.4 Å². The topological polar surface area (TPSA) is 77.1 Å². The van der Waals surface area contributed by atoms with Crippen LogP contribution in [0.4, 0.5) is 11.4 Å². The van der Waals surface area contributed by atoms with Crippen molar-refractivity contribution in [3.05, 3.63) is 78.9 Å². The van der Waals surface area contributed by atoms with Crippen LogP contribution in [0.5, 0.6) is 17.2 Å². The Morgan fingerprint density at radius 2 is 1.61 bits per heavy atom. The highest BCUT2D eigenvalue weighted by Crippen LogP contribution is 2.34. The van der Waals surface area contributed by atoms with Crippen LogP contribution in [0.3, 0.4) is 0 Å². The molecular weight excluding hydrogens is 396 g/mol. The first-order chi connectivity index (χ1) is 15.2. The molecule has 0 atom stereocenters. The number of hydrogen-bond acceptors (Lipinski definition) is 5. The number of fused-ring (bicyclic) bond motifs is 1. The van der Waals surface area contributed by atoms with Crippen LogP contribution in [0.15, 0.2) is 78.9 Å². The van der Waals surface area contributed by atoms with Gasteiger partial charge in [0.25, 0.3) is 11.8 Å². The molecule has 158 valence electrons. The normalized spacial score (nSPS) is 12.5. The van der Waals surface area contributed by atoms with Crippen molar-refractivity contribution in [2.24, 2.45) is 0 Å². The molecule has 3 aromatic carbocycles. The number of rotatable bonds is 8. The molecule has 0 saturated heterocycles. The minimum absolute atomic E-state index is 0.0328. The van der Waals surface area contributed by atoms with Gasteiger partial charge in [-0.05, 0) is 42.5 Å². The van der Waals surface area contributed by atoms with Gasteiger partial charge in [-0.15, -0.1) is 0 Å². The van der Waals surface area contributed by atoms with Crippen molar-refractivity contribution in [3.63, 3.8) is 0 Å². The minimum atomic E-state index is -0.300.